The summed E-state index contributed by atoms with van der Waals surface area (Å²) >= 11 is 0. The topological polar surface area (TPSA) is 46.5 Å². The van der Waals surface area contributed by atoms with Crippen LogP contribution in [0.3, 0.4) is 0 Å². The number of aliphatic carboxylic acids is 1. The summed E-state index contributed by atoms with van der Waals surface area (Å²) in [4.78, 5) is 10.8. The minimum absolute atomic E-state index is 0.267. The lowest BCUT2D eigenvalue weighted by Gasteiger charge is -2.19. The largest absolute Gasteiger partial charge is 0.573 e. The molecular weight excluding hydrogens is 273 g/mol. The summed E-state index contributed by atoms with van der Waals surface area (Å²) < 4.78 is 40.3. The zero-order valence-electron chi connectivity index (χ0n) is 10.5. The van der Waals surface area contributed by atoms with Crippen LogP contribution < -0.4 is 4.74 Å². The second-order valence-electron chi connectivity index (χ2n) is 4.61. The Kier molecular flexibility index (Phi) is 4.01. The molecule has 0 spiro atoms. The van der Waals surface area contributed by atoms with Gasteiger partial charge in [-0.3, -0.25) is 4.79 Å². The van der Waals surface area contributed by atoms with Crippen LogP contribution in [-0.2, 0) is 4.79 Å². The molecule has 0 aromatic heterocycles. The van der Waals surface area contributed by atoms with Crippen molar-refractivity contribution in [2.45, 2.75) is 25.6 Å². The number of allylic oxidation sites excluding steroid dienone is 2. The molecule has 3 nitrogen and oxygen atoms in total. The average Bonchev–Trinajstić information content (AvgIpc) is 2.37. The normalized spacial score (nSPS) is 19.4. The highest BCUT2D eigenvalue weighted by Crippen LogP contribution is 2.32. The number of halogens is 3. The van der Waals surface area contributed by atoms with Crippen molar-refractivity contribution >= 4 is 11.5 Å². The summed E-state index contributed by atoms with van der Waals surface area (Å²) in [6, 6.07) is 5.73. The number of carboxylic acids is 1. The molecular formula is C14H13F3O3. The smallest absolute Gasteiger partial charge is 0.481 e. The van der Waals surface area contributed by atoms with Crippen LogP contribution in [-0.4, -0.2) is 17.4 Å². The first-order chi connectivity index (χ1) is 9.35. The van der Waals surface area contributed by atoms with Crippen LogP contribution in [0.2, 0.25) is 0 Å². The molecule has 0 saturated carbocycles. The van der Waals surface area contributed by atoms with Gasteiger partial charge in [-0.15, -0.1) is 13.2 Å². The molecule has 1 aliphatic rings. The van der Waals surface area contributed by atoms with E-state index in [1.165, 1.54) is 18.2 Å². The Hall–Kier alpha value is -1.98. The van der Waals surface area contributed by atoms with Crippen LogP contribution in [0.5, 0.6) is 5.75 Å². The van der Waals surface area contributed by atoms with Crippen LogP contribution in [0, 0.1) is 5.92 Å². The Balaban J connectivity index is 2.14. The zero-order valence-corrected chi connectivity index (χ0v) is 10.5. The fourth-order valence-electron chi connectivity index (χ4n) is 2.21. The Morgan fingerprint density at radius 1 is 1.35 bits per heavy atom. The highest BCUT2D eigenvalue weighted by Gasteiger charge is 2.31. The quantitative estimate of drug-likeness (QED) is 0.918. The van der Waals surface area contributed by atoms with E-state index in [0.717, 1.165) is 5.57 Å². The molecule has 1 aliphatic carbocycles. The molecule has 1 atom stereocenters. The first-order valence-corrected chi connectivity index (χ1v) is 6.13. The minimum atomic E-state index is -4.71. The van der Waals surface area contributed by atoms with E-state index in [2.05, 4.69) is 4.74 Å². The maximum absolute atomic E-state index is 12.2. The van der Waals surface area contributed by atoms with Gasteiger partial charge in [-0.25, -0.2) is 0 Å². The van der Waals surface area contributed by atoms with E-state index in [0.29, 0.717) is 24.8 Å². The van der Waals surface area contributed by atoms with Gasteiger partial charge >= 0.3 is 12.3 Å². The molecule has 1 aromatic carbocycles. The Labute approximate surface area is 113 Å². The number of ether oxygens (including phenoxy) is 1. The number of hydrogen-bond donors (Lipinski definition) is 1. The van der Waals surface area contributed by atoms with E-state index < -0.39 is 18.2 Å². The highest BCUT2D eigenvalue weighted by atomic mass is 19.4. The lowest BCUT2D eigenvalue weighted by atomic mass is 9.86. The van der Waals surface area contributed by atoms with Gasteiger partial charge in [-0.2, -0.15) is 0 Å². The number of alkyl halides is 3. The second kappa shape index (κ2) is 5.56. The minimum Gasteiger partial charge on any atom is -0.481 e. The molecule has 108 valence electrons. The van der Waals surface area contributed by atoms with Crippen molar-refractivity contribution in [2.75, 3.05) is 0 Å². The van der Waals surface area contributed by atoms with Gasteiger partial charge in [-0.05, 0) is 42.5 Å². The van der Waals surface area contributed by atoms with Crippen LogP contribution in [0.15, 0.2) is 30.3 Å². The first kappa shape index (κ1) is 14.4. The van der Waals surface area contributed by atoms with Crippen molar-refractivity contribution in [1.82, 2.24) is 0 Å². The molecule has 0 saturated heterocycles. The standard InChI is InChI=1S/C14H13F3O3/c15-14(16,17)20-12-3-1-2-11(8-12)9-4-6-10(7-5-9)13(18)19/h1-4,8,10H,5-7H2,(H,18,19). The number of benzene rings is 1. The average molecular weight is 286 g/mol. The number of rotatable bonds is 3. The van der Waals surface area contributed by atoms with Gasteiger partial charge in [0.15, 0.2) is 0 Å². The molecule has 0 fully saturated rings. The van der Waals surface area contributed by atoms with Crippen molar-refractivity contribution < 1.29 is 27.8 Å². The second-order valence-corrected chi connectivity index (χ2v) is 4.61. The third-order valence-electron chi connectivity index (χ3n) is 3.20. The molecule has 0 amide bonds. The fraction of sp³-hybridized carbons (Fsp3) is 0.357. The lowest BCUT2D eigenvalue weighted by molar-refractivity contribution is -0.274. The van der Waals surface area contributed by atoms with Crippen LogP contribution >= 0.6 is 0 Å². The third kappa shape index (κ3) is 3.76. The maximum Gasteiger partial charge on any atom is 0.573 e. The van der Waals surface area contributed by atoms with Crippen molar-refractivity contribution in [3.63, 3.8) is 0 Å². The molecule has 0 radical (unpaired) electrons. The summed E-state index contributed by atoms with van der Waals surface area (Å²) in [7, 11) is 0. The Morgan fingerprint density at radius 3 is 2.65 bits per heavy atom. The van der Waals surface area contributed by atoms with Crippen molar-refractivity contribution in [2.24, 2.45) is 5.92 Å². The van der Waals surface area contributed by atoms with Crippen molar-refractivity contribution in [3.05, 3.63) is 35.9 Å². The van der Waals surface area contributed by atoms with E-state index in [9.17, 15) is 18.0 Å². The molecule has 0 aliphatic heterocycles. The van der Waals surface area contributed by atoms with Gasteiger partial charge in [0.2, 0.25) is 0 Å². The van der Waals surface area contributed by atoms with Crippen LogP contribution in [0.25, 0.3) is 5.57 Å². The molecule has 2 rings (SSSR count). The molecule has 1 aromatic rings. The predicted octanol–water partition coefficient (Wildman–Crippen LogP) is 3.85. The van der Waals surface area contributed by atoms with Gasteiger partial charge < -0.3 is 9.84 Å². The predicted molar refractivity (Wildman–Crippen MR) is 66.1 cm³/mol. The summed E-state index contributed by atoms with van der Waals surface area (Å²) in [5, 5.41) is 8.89. The SMILES string of the molecule is O=C(O)C1CC=C(c2cccc(OC(F)(F)F)c2)CC1. The third-order valence-corrected chi connectivity index (χ3v) is 3.20. The molecule has 20 heavy (non-hydrogen) atoms. The van der Waals surface area contributed by atoms with E-state index in [4.69, 9.17) is 5.11 Å². The van der Waals surface area contributed by atoms with E-state index in [1.807, 2.05) is 0 Å². The molecule has 1 unspecified atom stereocenters. The number of carbonyl (C=O) groups is 1. The van der Waals surface area contributed by atoms with Crippen LogP contribution in [0.4, 0.5) is 13.2 Å². The summed E-state index contributed by atoms with van der Waals surface area (Å²) in [6.07, 6.45) is -1.52. The van der Waals surface area contributed by atoms with Gasteiger partial charge in [0, 0.05) is 0 Å². The lowest BCUT2D eigenvalue weighted by Crippen LogP contribution is -2.17. The van der Waals surface area contributed by atoms with Gasteiger partial charge in [-0.1, -0.05) is 18.2 Å². The van der Waals surface area contributed by atoms with Gasteiger partial charge in [0.05, 0.1) is 5.92 Å². The molecule has 6 heteroatoms. The summed E-state index contributed by atoms with van der Waals surface area (Å²) in [6.45, 7) is 0. The zero-order chi connectivity index (χ0) is 14.8. The Bertz CT molecular complexity index is 535. The maximum atomic E-state index is 12.2. The summed E-state index contributed by atoms with van der Waals surface area (Å²) in [5.41, 5.74) is 1.49. The van der Waals surface area contributed by atoms with E-state index >= 15 is 0 Å². The van der Waals surface area contributed by atoms with Crippen LogP contribution in [0.1, 0.15) is 24.8 Å². The van der Waals surface area contributed by atoms with Gasteiger partial charge in [0.1, 0.15) is 5.75 Å². The monoisotopic (exact) mass is 286 g/mol. The first-order valence-electron chi connectivity index (χ1n) is 6.13. The van der Waals surface area contributed by atoms with E-state index in [1.54, 1.807) is 12.1 Å². The highest BCUT2D eigenvalue weighted by molar-refractivity contribution is 5.74. The molecule has 0 bridgehead atoms. The molecule has 1 N–H and O–H groups in total. The van der Waals surface area contributed by atoms with Gasteiger partial charge in [0.25, 0.3) is 0 Å². The Morgan fingerprint density at radius 2 is 2.10 bits per heavy atom. The van der Waals surface area contributed by atoms with Crippen molar-refractivity contribution in [3.8, 4) is 5.75 Å². The van der Waals surface area contributed by atoms with E-state index in [-0.39, 0.29) is 5.75 Å². The molecule has 0 heterocycles. The number of hydrogen-bond acceptors (Lipinski definition) is 2. The number of carboxylic acid groups (broad SMARTS) is 1. The summed E-state index contributed by atoms with van der Waals surface area (Å²) in [5.74, 6) is -1.51. The fourth-order valence-corrected chi connectivity index (χ4v) is 2.21. The van der Waals surface area contributed by atoms with Crippen molar-refractivity contribution in [1.29, 1.82) is 0 Å².